The quantitative estimate of drug-likeness (QED) is 0.117. The number of carbonyl (C=O) groups is 1. The van der Waals surface area contributed by atoms with E-state index in [1.165, 1.54) is 74.5 Å². The number of phenolic OH excluding ortho intramolecular Hbond substituents is 2. The number of unbranched alkanes of at least 4 members (excludes halogenated alkanes) is 10. The first-order valence-electron chi connectivity index (χ1n) is 13.9. The zero-order chi connectivity index (χ0) is 26.5. The Hall–Kier alpha value is -2.25. The number of hydrogen-bond acceptors (Lipinski definition) is 6. The minimum Gasteiger partial charge on any atom is -0.508 e. The number of rotatable bonds is 17. The summed E-state index contributed by atoms with van der Waals surface area (Å²) in [4.78, 5) is 17.7. The summed E-state index contributed by atoms with van der Waals surface area (Å²) in [5.74, 6) is 0.443. The van der Waals surface area contributed by atoms with Crippen LogP contribution in [0.5, 0.6) is 11.5 Å². The molecule has 0 atom stereocenters. The van der Waals surface area contributed by atoms with Crippen LogP contribution in [0.2, 0.25) is 0 Å². The minimum atomic E-state index is 0.0437. The van der Waals surface area contributed by atoms with E-state index in [1.807, 2.05) is 18.2 Å². The van der Waals surface area contributed by atoms with Crippen molar-refractivity contribution in [2.45, 2.75) is 113 Å². The van der Waals surface area contributed by atoms with Crippen LogP contribution in [0.15, 0.2) is 39.6 Å². The van der Waals surface area contributed by atoms with E-state index in [4.69, 9.17) is 4.98 Å². The molecule has 0 fully saturated rings. The predicted octanol–water partition coefficient (Wildman–Crippen LogP) is 9.45. The van der Waals surface area contributed by atoms with E-state index in [1.54, 1.807) is 12.1 Å². The molecule has 0 aliphatic rings. The predicted molar refractivity (Wildman–Crippen MR) is 157 cm³/mol. The SMILES string of the molecule is CCCCCCCCC(=O)Nc1ccc2sc(Sc3cc(O)cc(CCCCCCCC)c3O)nc2c1. The van der Waals surface area contributed by atoms with E-state index in [0.717, 1.165) is 57.9 Å². The number of aromatic nitrogens is 1. The van der Waals surface area contributed by atoms with Crippen molar-refractivity contribution in [2.75, 3.05) is 5.32 Å². The average Bonchev–Trinajstić information content (AvgIpc) is 3.27. The van der Waals surface area contributed by atoms with Gasteiger partial charge in [-0.1, -0.05) is 89.8 Å². The molecular formula is C30H42N2O3S2. The molecule has 0 unspecified atom stereocenters. The van der Waals surface area contributed by atoms with Gasteiger partial charge in [0, 0.05) is 12.1 Å². The molecular weight excluding hydrogens is 500 g/mol. The molecule has 0 bridgehead atoms. The Kier molecular flexibility index (Phi) is 12.6. The van der Waals surface area contributed by atoms with Gasteiger partial charge < -0.3 is 15.5 Å². The Morgan fingerprint density at radius 2 is 1.57 bits per heavy atom. The van der Waals surface area contributed by atoms with Gasteiger partial charge in [0.25, 0.3) is 0 Å². The molecule has 3 aromatic rings. The Bertz CT molecular complexity index is 1130. The van der Waals surface area contributed by atoms with Crippen molar-refractivity contribution in [1.29, 1.82) is 0 Å². The average molecular weight is 543 g/mol. The van der Waals surface area contributed by atoms with E-state index in [2.05, 4.69) is 19.2 Å². The van der Waals surface area contributed by atoms with E-state index in [-0.39, 0.29) is 17.4 Å². The molecule has 0 saturated carbocycles. The highest BCUT2D eigenvalue weighted by molar-refractivity contribution is 8.01. The van der Waals surface area contributed by atoms with Crippen molar-refractivity contribution in [3.63, 3.8) is 0 Å². The second-order valence-corrected chi connectivity index (χ2v) is 12.1. The summed E-state index contributed by atoms with van der Waals surface area (Å²) in [5.41, 5.74) is 2.36. The molecule has 2 aromatic carbocycles. The van der Waals surface area contributed by atoms with Gasteiger partial charge in [0.1, 0.15) is 11.5 Å². The molecule has 1 aromatic heterocycles. The van der Waals surface area contributed by atoms with Gasteiger partial charge in [-0.15, -0.1) is 11.3 Å². The van der Waals surface area contributed by atoms with Gasteiger partial charge in [-0.05, 0) is 55.2 Å². The number of aromatic hydroxyl groups is 2. The van der Waals surface area contributed by atoms with Gasteiger partial charge in [-0.25, -0.2) is 4.98 Å². The third-order valence-electron chi connectivity index (χ3n) is 6.54. The highest BCUT2D eigenvalue weighted by atomic mass is 32.2. The summed E-state index contributed by atoms with van der Waals surface area (Å²) in [6, 6.07) is 9.07. The van der Waals surface area contributed by atoms with Crippen LogP contribution in [0.1, 0.15) is 103 Å². The van der Waals surface area contributed by atoms with Crippen molar-refractivity contribution in [3.8, 4) is 11.5 Å². The highest BCUT2D eigenvalue weighted by Gasteiger charge is 2.14. The van der Waals surface area contributed by atoms with Gasteiger partial charge in [0.05, 0.1) is 15.1 Å². The van der Waals surface area contributed by atoms with Crippen molar-refractivity contribution >= 4 is 44.9 Å². The first kappa shape index (κ1) is 29.3. The lowest BCUT2D eigenvalue weighted by Crippen LogP contribution is -2.10. The Labute approximate surface area is 230 Å². The summed E-state index contributed by atoms with van der Waals surface area (Å²) in [7, 11) is 0. The van der Waals surface area contributed by atoms with Crippen LogP contribution in [0.3, 0.4) is 0 Å². The Morgan fingerprint density at radius 3 is 2.30 bits per heavy atom. The maximum Gasteiger partial charge on any atom is 0.224 e. The smallest absolute Gasteiger partial charge is 0.224 e. The molecule has 3 N–H and O–H groups in total. The Morgan fingerprint density at radius 1 is 0.892 bits per heavy atom. The fourth-order valence-electron chi connectivity index (χ4n) is 4.42. The van der Waals surface area contributed by atoms with Crippen molar-refractivity contribution in [1.82, 2.24) is 4.98 Å². The maximum atomic E-state index is 12.3. The third-order valence-corrected chi connectivity index (χ3v) is 8.67. The molecule has 1 amide bonds. The molecule has 0 aliphatic heterocycles. The second-order valence-electron chi connectivity index (χ2n) is 9.80. The van der Waals surface area contributed by atoms with Gasteiger partial charge in [0.15, 0.2) is 4.34 Å². The van der Waals surface area contributed by atoms with Crippen LogP contribution in [0, 0.1) is 0 Å². The third kappa shape index (κ3) is 9.86. The van der Waals surface area contributed by atoms with Crippen LogP contribution in [0.25, 0.3) is 10.2 Å². The summed E-state index contributed by atoms with van der Waals surface area (Å²) in [6.07, 6.45) is 15.4. The fraction of sp³-hybridized carbons (Fsp3) is 0.533. The van der Waals surface area contributed by atoms with Crippen LogP contribution in [-0.4, -0.2) is 21.1 Å². The lowest BCUT2D eigenvalue weighted by molar-refractivity contribution is -0.116. The molecule has 5 nitrogen and oxygen atoms in total. The summed E-state index contributed by atoms with van der Waals surface area (Å²) in [6.45, 7) is 4.42. The normalized spacial score (nSPS) is 11.3. The van der Waals surface area contributed by atoms with Crippen LogP contribution < -0.4 is 5.32 Å². The largest absolute Gasteiger partial charge is 0.508 e. The number of fused-ring (bicyclic) bond motifs is 1. The molecule has 0 saturated heterocycles. The molecule has 0 spiro atoms. The van der Waals surface area contributed by atoms with Gasteiger partial charge in [0.2, 0.25) is 5.91 Å². The van der Waals surface area contributed by atoms with Crippen LogP contribution in [0.4, 0.5) is 5.69 Å². The standard InChI is InChI=1S/C30H42N2O3S2/c1-3-5-7-9-11-13-15-22-19-24(33)21-27(29(22)35)37-30-32-25-20-23(17-18-26(25)36-30)31-28(34)16-14-12-10-8-6-4-2/h17-21,33,35H,3-16H2,1-2H3,(H,31,34). The topological polar surface area (TPSA) is 82.5 Å². The number of benzene rings is 2. The number of carbonyl (C=O) groups excluding carboxylic acids is 1. The monoisotopic (exact) mass is 542 g/mol. The van der Waals surface area contributed by atoms with E-state index in [0.29, 0.717) is 11.3 Å². The first-order chi connectivity index (χ1) is 18.0. The lowest BCUT2D eigenvalue weighted by atomic mass is 10.0. The molecule has 202 valence electrons. The van der Waals surface area contributed by atoms with Gasteiger partial charge in [-0.3, -0.25) is 4.79 Å². The lowest BCUT2D eigenvalue weighted by Gasteiger charge is -2.10. The molecule has 3 rings (SSSR count). The van der Waals surface area contributed by atoms with Crippen molar-refractivity contribution in [2.24, 2.45) is 0 Å². The molecule has 0 aliphatic carbocycles. The van der Waals surface area contributed by atoms with E-state index in [9.17, 15) is 15.0 Å². The fourth-order valence-corrected chi connectivity index (χ4v) is 6.55. The van der Waals surface area contributed by atoms with Crippen molar-refractivity contribution < 1.29 is 15.0 Å². The number of nitrogens with one attached hydrogen (secondary N) is 1. The molecule has 0 radical (unpaired) electrons. The van der Waals surface area contributed by atoms with Crippen LogP contribution in [-0.2, 0) is 11.2 Å². The van der Waals surface area contributed by atoms with Crippen molar-refractivity contribution in [3.05, 3.63) is 35.9 Å². The summed E-state index contributed by atoms with van der Waals surface area (Å²) < 4.78 is 1.81. The number of phenols is 2. The number of thiazole rings is 1. The van der Waals surface area contributed by atoms with E-state index >= 15 is 0 Å². The maximum absolute atomic E-state index is 12.3. The first-order valence-corrected chi connectivity index (χ1v) is 15.6. The highest BCUT2D eigenvalue weighted by Crippen LogP contribution is 2.42. The number of nitrogens with zero attached hydrogens (tertiary/aromatic N) is 1. The van der Waals surface area contributed by atoms with Gasteiger partial charge >= 0.3 is 0 Å². The van der Waals surface area contributed by atoms with Gasteiger partial charge in [-0.2, -0.15) is 0 Å². The zero-order valence-corrected chi connectivity index (χ0v) is 24.0. The number of anilines is 1. The molecule has 1 heterocycles. The Balaban J connectivity index is 1.57. The minimum absolute atomic E-state index is 0.0437. The number of amides is 1. The van der Waals surface area contributed by atoms with Crippen LogP contribution >= 0.6 is 23.1 Å². The number of aryl methyl sites for hydroxylation is 1. The molecule has 37 heavy (non-hydrogen) atoms. The zero-order valence-electron chi connectivity index (χ0n) is 22.4. The van der Waals surface area contributed by atoms with E-state index < -0.39 is 0 Å². The second kappa shape index (κ2) is 15.9. The molecule has 7 heteroatoms. The summed E-state index contributed by atoms with van der Waals surface area (Å²) >= 11 is 2.91. The summed E-state index contributed by atoms with van der Waals surface area (Å²) in [5, 5.41) is 24.1. The number of hydrogen-bond donors (Lipinski definition) is 3.